The predicted molar refractivity (Wildman–Crippen MR) is 83.3 cm³/mol. The number of carbonyl (C=O) groups excluding carboxylic acids is 2. The fourth-order valence-electron chi connectivity index (χ4n) is 2.65. The number of Topliss-reactive ketones (excluding diaryl/α,β-unsaturated/α-hetero) is 1. The summed E-state index contributed by atoms with van der Waals surface area (Å²) in [5, 5.41) is 0. The molecule has 4 heteroatoms. The number of nitrogens with zero attached hydrogens (tertiary/aromatic N) is 2. The highest BCUT2D eigenvalue weighted by atomic mass is 16.2. The topological polar surface area (TPSA) is 40.6 Å². The summed E-state index contributed by atoms with van der Waals surface area (Å²) in [5.74, 6) is 0.388. The molecular weight excluding hydrogens is 264 g/mol. The standard InChI is InChI=1S/C17H24N2O2/c1-18(14-17(21)19-12-5-6-13-19)11-7-10-16(20)15-8-3-2-4-9-15/h2-4,8-9H,5-7,10-14H2,1H3. The van der Waals surface area contributed by atoms with Crippen LogP contribution in [-0.2, 0) is 4.79 Å². The number of hydrogen-bond acceptors (Lipinski definition) is 3. The number of ketones is 1. The van der Waals surface area contributed by atoms with Gasteiger partial charge in [0, 0.05) is 25.1 Å². The number of hydrogen-bond donors (Lipinski definition) is 0. The first kappa shape index (κ1) is 15.7. The molecule has 1 fully saturated rings. The molecule has 1 aliphatic heterocycles. The van der Waals surface area contributed by atoms with Gasteiger partial charge in [-0.3, -0.25) is 14.5 Å². The van der Waals surface area contributed by atoms with Crippen molar-refractivity contribution in [1.29, 1.82) is 0 Å². The van der Waals surface area contributed by atoms with E-state index in [4.69, 9.17) is 0 Å². The summed E-state index contributed by atoms with van der Waals surface area (Å²) in [6, 6.07) is 9.38. The molecule has 0 radical (unpaired) electrons. The maximum Gasteiger partial charge on any atom is 0.236 e. The van der Waals surface area contributed by atoms with Gasteiger partial charge in [-0.2, -0.15) is 0 Å². The van der Waals surface area contributed by atoms with Gasteiger partial charge in [0.2, 0.25) is 5.91 Å². The SMILES string of the molecule is CN(CCCC(=O)c1ccccc1)CC(=O)N1CCCC1. The van der Waals surface area contributed by atoms with Crippen molar-refractivity contribution < 1.29 is 9.59 Å². The van der Waals surface area contributed by atoms with Crippen LogP contribution in [0.15, 0.2) is 30.3 Å². The molecule has 1 aromatic carbocycles. The van der Waals surface area contributed by atoms with Crippen LogP contribution in [0.3, 0.4) is 0 Å². The Morgan fingerprint density at radius 1 is 1.14 bits per heavy atom. The summed E-state index contributed by atoms with van der Waals surface area (Å²) in [7, 11) is 1.95. The molecule has 4 nitrogen and oxygen atoms in total. The second-order valence-electron chi connectivity index (χ2n) is 5.72. The van der Waals surface area contributed by atoms with Crippen molar-refractivity contribution in [3.8, 4) is 0 Å². The first-order chi connectivity index (χ1) is 10.2. The first-order valence-corrected chi connectivity index (χ1v) is 7.71. The van der Waals surface area contributed by atoms with Crippen LogP contribution in [0, 0.1) is 0 Å². The Morgan fingerprint density at radius 3 is 2.48 bits per heavy atom. The Morgan fingerprint density at radius 2 is 1.81 bits per heavy atom. The zero-order valence-corrected chi connectivity index (χ0v) is 12.8. The predicted octanol–water partition coefficient (Wildman–Crippen LogP) is 2.20. The van der Waals surface area contributed by atoms with E-state index >= 15 is 0 Å². The summed E-state index contributed by atoms with van der Waals surface area (Å²) in [6.45, 7) is 3.04. The molecule has 0 spiro atoms. The van der Waals surface area contributed by atoms with Gasteiger partial charge in [0.05, 0.1) is 6.54 Å². The Bertz CT molecular complexity index is 467. The fraction of sp³-hybridized carbons (Fsp3) is 0.529. The highest BCUT2D eigenvalue weighted by Crippen LogP contribution is 2.09. The average Bonchev–Trinajstić information content (AvgIpc) is 3.02. The van der Waals surface area contributed by atoms with Gasteiger partial charge in [-0.1, -0.05) is 30.3 Å². The van der Waals surface area contributed by atoms with Crippen LogP contribution in [0.5, 0.6) is 0 Å². The Labute approximate surface area is 126 Å². The molecule has 1 amide bonds. The Kier molecular flexibility index (Phi) is 5.93. The maximum absolute atomic E-state index is 12.0. The van der Waals surface area contributed by atoms with Crippen molar-refractivity contribution in [2.45, 2.75) is 25.7 Å². The second-order valence-corrected chi connectivity index (χ2v) is 5.72. The molecule has 0 atom stereocenters. The molecule has 0 saturated carbocycles. The van der Waals surface area contributed by atoms with E-state index in [1.165, 1.54) is 0 Å². The summed E-state index contributed by atoms with van der Waals surface area (Å²) >= 11 is 0. The molecular formula is C17H24N2O2. The van der Waals surface area contributed by atoms with E-state index in [9.17, 15) is 9.59 Å². The van der Waals surface area contributed by atoms with Crippen LogP contribution in [0.2, 0.25) is 0 Å². The minimum Gasteiger partial charge on any atom is -0.342 e. The van der Waals surface area contributed by atoms with Gasteiger partial charge in [0.1, 0.15) is 0 Å². The van der Waals surface area contributed by atoms with E-state index in [-0.39, 0.29) is 11.7 Å². The number of amides is 1. The molecule has 0 aromatic heterocycles. The van der Waals surface area contributed by atoms with E-state index in [1.54, 1.807) is 0 Å². The van der Waals surface area contributed by atoms with Crippen molar-refractivity contribution >= 4 is 11.7 Å². The number of carbonyl (C=O) groups is 2. The molecule has 2 rings (SSSR count). The van der Waals surface area contributed by atoms with Crippen LogP contribution in [0.25, 0.3) is 0 Å². The van der Waals surface area contributed by atoms with Crippen LogP contribution < -0.4 is 0 Å². The monoisotopic (exact) mass is 288 g/mol. The number of likely N-dealkylation sites (N-methyl/N-ethyl adjacent to an activating group) is 1. The molecule has 0 bridgehead atoms. The highest BCUT2D eigenvalue weighted by molar-refractivity contribution is 5.95. The maximum atomic E-state index is 12.0. The largest absolute Gasteiger partial charge is 0.342 e. The highest BCUT2D eigenvalue weighted by Gasteiger charge is 2.18. The Hall–Kier alpha value is -1.68. The van der Waals surface area contributed by atoms with E-state index < -0.39 is 0 Å². The van der Waals surface area contributed by atoms with Crippen molar-refractivity contribution in [2.75, 3.05) is 33.2 Å². The summed E-state index contributed by atoms with van der Waals surface area (Å²) in [6.07, 6.45) is 3.58. The third kappa shape index (κ3) is 4.97. The molecule has 1 saturated heterocycles. The van der Waals surface area contributed by atoms with Crippen molar-refractivity contribution in [1.82, 2.24) is 9.80 Å². The minimum atomic E-state index is 0.176. The van der Waals surface area contributed by atoms with E-state index in [0.717, 1.165) is 44.5 Å². The van der Waals surface area contributed by atoms with Crippen molar-refractivity contribution in [3.05, 3.63) is 35.9 Å². The van der Waals surface area contributed by atoms with E-state index in [0.29, 0.717) is 13.0 Å². The summed E-state index contributed by atoms with van der Waals surface area (Å²) in [5.41, 5.74) is 0.772. The quantitative estimate of drug-likeness (QED) is 0.722. The number of likely N-dealkylation sites (tertiary alicyclic amines) is 1. The molecule has 1 aromatic rings. The first-order valence-electron chi connectivity index (χ1n) is 7.71. The minimum absolute atomic E-state index is 0.176. The zero-order chi connectivity index (χ0) is 15.1. The van der Waals surface area contributed by atoms with Gasteiger partial charge >= 0.3 is 0 Å². The number of benzene rings is 1. The normalized spacial score (nSPS) is 14.7. The van der Waals surface area contributed by atoms with Gasteiger partial charge in [-0.15, -0.1) is 0 Å². The molecule has 21 heavy (non-hydrogen) atoms. The third-order valence-corrected chi connectivity index (χ3v) is 3.90. The smallest absolute Gasteiger partial charge is 0.236 e. The average molecular weight is 288 g/mol. The lowest BCUT2D eigenvalue weighted by Gasteiger charge is -2.20. The lowest BCUT2D eigenvalue weighted by Crippen LogP contribution is -2.37. The van der Waals surface area contributed by atoms with Crippen LogP contribution in [-0.4, -0.2) is 54.7 Å². The third-order valence-electron chi connectivity index (χ3n) is 3.90. The summed E-state index contributed by atoms with van der Waals surface area (Å²) in [4.78, 5) is 27.9. The number of rotatable bonds is 7. The molecule has 0 N–H and O–H groups in total. The second kappa shape index (κ2) is 7.93. The van der Waals surface area contributed by atoms with Crippen molar-refractivity contribution in [3.63, 3.8) is 0 Å². The van der Waals surface area contributed by atoms with Crippen LogP contribution >= 0.6 is 0 Å². The zero-order valence-electron chi connectivity index (χ0n) is 12.8. The van der Waals surface area contributed by atoms with Crippen molar-refractivity contribution in [2.24, 2.45) is 0 Å². The molecule has 1 aliphatic rings. The van der Waals surface area contributed by atoms with Gasteiger partial charge in [0.25, 0.3) is 0 Å². The molecule has 0 aliphatic carbocycles. The van der Waals surface area contributed by atoms with Crippen LogP contribution in [0.1, 0.15) is 36.0 Å². The molecule has 114 valence electrons. The van der Waals surface area contributed by atoms with Gasteiger partial charge in [-0.25, -0.2) is 0 Å². The lowest BCUT2D eigenvalue weighted by molar-refractivity contribution is -0.131. The summed E-state index contributed by atoms with van der Waals surface area (Å²) < 4.78 is 0. The Balaban J connectivity index is 1.66. The van der Waals surface area contributed by atoms with Gasteiger partial charge < -0.3 is 4.90 Å². The molecule has 0 unspecified atom stereocenters. The van der Waals surface area contributed by atoms with E-state index in [1.807, 2.05) is 47.2 Å². The lowest BCUT2D eigenvalue weighted by atomic mass is 10.1. The molecule has 1 heterocycles. The van der Waals surface area contributed by atoms with E-state index in [2.05, 4.69) is 0 Å². The van der Waals surface area contributed by atoms with Gasteiger partial charge in [0.15, 0.2) is 5.78 Å². The van der Waals surface area contributed by atoms with Crippen LogP contribution in [0.4, 0.5) is 0 Å². The fourth-order valence-corrected chi connectivity index (χ4v) is 2.65. The van der Waals surface area contributed by atoms with Gasteiger partial charge in [-0.05, 0) is 32.9 Å².